The number of rotatable bonds is 4. The smallest absolute Gasteiger partial charge is 0.284 e. The van der Waals surface area contributed by atoms with Crippen LogP contribution in [0.5, 0.6) is 0 Å². The molecule has 1 aromatic rings. The number of primary amides is 1. The molecule has 2 aliphatic rings. The Labute approximate surface area is 165 Å². The minimum atomic E-state index is -3.79. The number of furan rings is 1. The van der Waals surface area contributed by atoms with Crippen molar-refractivity contribution in [3.05, 3.63) is 17.9 Å². The molecule has 1 saturated heterocycles. The summed E-state index contributed by atoms with van der Waals surface area (Å²) < 4.78 is 31.8. The van der Waals surface area contributed by atoms with Crippen LogP contribution in [0.1, 0.15) is 43.2 Å². The van der Waals surface area contributed by atoms with E-state index in [4.69, 9.17) is 22.4 Å². The van der Waals surface area contributed by atoms with Crippen molar-refractivity contribution in [2.24, 2.45) is 11.7 Å². The van der Waals surface area contributed by atoms with Gasteiger partial charge in [0.05, 0.1) is 0 Å². The van der Waals surface area contributed by atoms with Gasteiger partial charge in [0.1, 0.15) is 0 Å². The summed E-state index contributed by atoms with van der Waals surface area (Å²) in [6.45, 7) is 3.87. The fourth-order valence-corrected chi connectivity index (χ4v) is 5.30. The van der Waals surface area contributed by atoms with E-state index in [1.54, 1.807) is 0 Å². The fourth-order valence-electron chi connectivity index (χ4n) is 3.63. The molecule has 3 N–H and O–H groups in total. The number of hydrogen-bond acceptors (Lipinski definition) is 5. The molecule has 0 aromatic carbocycles. The van der Waals surface area contributed by atoms with Crippen molar-refractivity contribution < 1.29 is 17.6 Å². The molecule has 0 spiro atoms. The Balaban J connectivity index is 1.57. The maximum Gasteiger partial charge on any atom is 0.284 e. The highest BCUT2D eigenvalue weighted by Crippen LogP contribution is 2.24. The average molecular weight is 415 g/mol. The Bertz CT molecular complexity index is 800. The van der Waals surface area contributed by atoms with E-state index in [-0.39, 0.29) is 10.9 Å². The van der Waals surface area contributed by atoms with Crippen LogP contribution < -0.4 is 11.1 Å². The first-order valence-corrected chi connectivity index (χ1v) is 11.1. The van der Waals surface area contributed by atoms with Crippen molar-refractivity contribution >= 4 is 33.3 Å². The van der Waals surface area contributed by atoms with Crippen LogP contribution in [0.3, 0.4) is 0 Å². The molecule has 150 valence electrons. The van der Waals surface area contributed by atoms with Gasteiger partial charge in [-0.2, -0.15) is 4.31 Å². The molecule has 3 rings (SSSR count). The van der Waals surface area contributed by atoms with Crippen molar-refractivity contribution in [2.45, 2.75) is 43.7 Å². The lowest BCUT2D eigenvalue weighted by molar-refractivity contribution is 0.0968. The second kappa shape index (κ2) is 8.15. The van der Waals surface area contributed by atoms with Gasteiger partial charge in [0.25, 0.3) is 15.9 Å². The summed E-state index contributed by atoms with van der Waals surface area (Å²) in [6, 6.07) is 2.93. The summed E-state index contributed by atoms with van der Waals surface area (Å²) in [5.41, 5.74) is 5.12. The van der Waals surface area contributed by atoms with Crippen LogP contribution in [0.2, 0.25) is 0 Å². The van der Waals surface area contributed by atoms with Gasteiger partial charge in [-0.05, 0) is 43.1 Å². The third kappa shape index (κ3) is 4.44. The predicted octanol–water partition coefficient (Wildman–Crippen LogP) is 1.14. The lowest BCUT2D eigenvalue weighted by atomic mass is 9.86. The first-order chi connectivity index (χ1) is 12.8. The fraction of sp³-hybridized carbons (Fsp3) is 0.647. The number of piperazine rings is 1. The molecule has 2 fully saturated rings. The van der Waals surface area contributed by atoms with E-state index in [2.05, 4.69) is 12.2 Å². The number of sulfonamides is 1. The van der Waals surface area contributed by atoms with Crippen LogP contribution >= 0.6 is 12.2 Å². The number of carbonyl (C=O) groups excluding carboxylic acids is 1. The number of nitrogens with zero attached hydrogens (tertiary/aromatic N) is 2. The molecular formula is C17H26N4O4S2. The largest absolute Gasteiger partial charge is 0.438 e. The second-order valence-electron chi connectivity index (χ2n) is 7.19. The summed E-state index contributed by atoms with van der Waals surface area (Å²) in [5.74, 6) is -0.370. The van der Waals surface area contributed by atoms with Gasteiger partial charge < -0.3 is 20.4 Å². The lowest BCUT2D eigenvalue weighted by Crippen LogP contribution is -2.55. The van der Waals surface area contributed by atoms with Crippen LogP contribution in [0.15, 0.2) is 21.6 Å². The molecule has 10 heteroatoms. The minimum Gasteiger partial charge on any atom is -0.438 e. The first-order valence-electron chi connectivity index (χ1n) is 9.24. The number of hydrogen-bond donors (Lipinski definition) is 2. The topological polar surface area (TPSA) is 109 Å². The molecule has 1 saturated carbocycles. The highest BCUT2D eigenvalue weighted by molar-refractivity contribution is 7.89. The van der Waals surface area contributed by atoms with Gasteiger partial charge in [0.2, 0.25) is 5.09 Å². The van der Waals surface area contributed by atoms with E-state index in [0.717, 1.165) is 6.42 Å². The van der Waals surface area contributed by atoms with E-state index in [1.165, 1.54) is 35.7 Å². The number of nitrogens with two attached hydrogens (primary N) is 1. The molecule has 1 aliphatic heterocycles. The van der Waals surface area contributed by atoms with Gasteiger partial charge in [-0.3, -0.25) is 4.79 Å². The molecule has 1 aliphatic carbocycles. The van der Waals surface area contributed by atoms with E-state index in [9.17, 15) is 13.2 Å². The Hall–Kier alpha value is -1.65. The van der Waals surface area contributed by atoms with E-state index >= 15 is 0 Å². The van der Waals surface area contributed by atoms with Crippen molar-refractivity contribution in [3.8, 4) is 0 Å². The van der Waals surface area contributed by atoms with Gasteiger partial charge in [-0.1, -0.05) is 19.8 Å². The Morgan fingerprint density at radius 2 is 1.89 bits per heavy atom. The van der Waals surface area contributed by atoms with Crippen molar-refractivity contribution in [2.75, 3.05) is 26.2 Å². The molecule has 1 aromatic heterocycles. The molecule has 2 unspecified atom stereocenters. The molecule has 2 atom stereocenters. The number of nitrogens with one attached hydrogen (secondary N) is 1. The zero-order valence-corrected chi connectivity index (χ0v) is 17.0. The standard InChI is InChI=1S/C17H26N4O4S2/c1-12-4-2-3-5-13(12)19-17(26)20-8-10-21(11-9-20)27(23,24)15-7-6-14(25-15)16(18)22/h6-7,12-13H,2-5,8-11H2,1H3,(H2,18,22)(H,19,26). The highest BCUT2D eigenvalue weighted by atomic mass is 32.2. The Kier molecular flexibility index (Phi) is 6.07. The van der Waals surface area contributed by atoms with E-state index in [0.29, 0.717) is 43.3 Å². The van der Waals surface area contributed by atoms with Gasteiger partial charge in [0.15, 0.2) is 10.9 Å². The predicted molar refractivity (Wildman–Crippen MR) is 105 cm³/mol. The average Bonchev–Trinajstić information content (AvgIpc) is 3.15. The number of amides is 1. The number of carbonyl (C=O) groups is 1. The molecule has 8 nitrogen and oxygen atoms in total. The molecule has 2 heterocycles. The summed E-state index contributed by atoms with van der Waals surface area (Å²) in [7, 11) is -3.79. The molecule has 0 radical (unpaired) electrons. The second-order valence-corrected chi connectivity index (χ2v) is 9.45. The van der Waals surface area contributed by atoms with Crippen LogP contribution in [0.4, 0.5) is 0 Å². The lowest BCUT2D eigenvalue weighted by Gasteiger charge is -2.38. The van der Waals surface area contributed by atoms with Crippen molar-refractivity contribution in [3.63, 3.8) is 0 Å². The van der Waals surface area contributed by atoms with E-state index in [1.807, 2.05) is 4.90 Å². The van der Waals surface area contributed by atoms with Crippen molar-refractivity contribution in [1.82, 2.24) is 14.5 Å². The monoisotopic (exact) mass is 414 g/mol. The maximum atomic E-state index is 12.7. The Morgan fingerprint density at radius 1 is 1.22 bits per heavy atom. The van der Waals surface area contributed by atoms with Gasteiger partial charge in [-0.15, -0.1) is 0 Å². The summed E-state index contributed by atoms with van der Waals surface area (Å²) in [5, 5.41) is 3.89. The van der Waals surface area contributed by atoms with Crippen LogP contribution in [0.25, 0.3) is 0 Å². The minimum absolute atomic E-state index is 0.167. The van der Waals surface area contributed by atoms with Crippen LogP contribution in [-0.4, -0.2) is 60.9 Å². The molecule has 1 amide bonds. The summed E-state index contributed by atoms with van der Waals surface area (Å²) in [6.07, 6.45) is 4.82. The highest BCUT2D eigenvalue weighted by Gasteiger charge is 2.32. The summed E-state index contributed by atoms with van der Waals surface area (Å²) >= 11 is 5.54. The molecule has 0 bridgehead atoms. The normalized spacial score (nSPS) is 24.6. The third-order valence-electron chi connectivity index (χ3n) is 5.36. The van der Waals surface area contributed by atoms with E-state index < -0.39 is 15.9 Å². The first kappa shape index (κ1) is 20.1. The van der Waals surface area contributed by atoms with Crippen LogP contribution in [-0.2, 0) is 10.0 Å². The quantitative estimate of drug-likeness (QED) is 0.711. The summed E-state index contributed by atoms with van der Waals surface area (Å²) in [4.78, 5) is 13.1. The molecule has 27 heavy (non-hydrogen) atoms. The number of thiocarbonyl (C=S) groups is 1. The zero-order valence-electron chi connectivity index (χ0n) is 15.4. The molecular weight excluding hydrogens is 388 g/mol. The van der Waals surface area contributed by atoms with Crippen LogP contribution in [0, 0.1) is 5.92 Å². The van der Waals surface area contributed by atoms with Crippen molar-refractivity contribution in [1.29, 1.82) is 0 Å². The SMILES string of the molecule is CC1CCCCC1NC(=S)N1CCN(S(=O)(=O)c2ccc(C(N)=O)o2)CC1. The van der Waals surface area contributed by atoms with Gasteiger partial charge in [-0.25, -0.2) is 8.42 Å². The Morgan fingerprint density at radius 3 is 2.48 bits per heavy atom. The van der Waals surface area contributed by atoms with Gasteiger partial charge in [0, 0.05) is 32.2 Å². The zero-order chi connectivity index (χ0) is 19.6. The third-order valence-corrected chi connectivity index (χ3v) is 7.51. The van der Waals surface area contributed by atoms with Gasteiger partial charge >= 0.3 is 0 Å². The maximum absolute atomic E-state index is 12.7.